The molecule has 130 valence electrons. The SMILES string of the molecule is O=C(OCC(=O)N1CCNC1=O)c1ccccc1SCc1ccco1. The van der Waals surface area contributed by atoms with Crippen LogP contribution >= 0.6 is 11.8 Å². The van der Waals surface area contributed by atoms with Gasteiger partial charge in [-0.1, -0.05) is 12.1 Å². The summed E-state index contributed by atoms with van der Waals surface area (Å²) in [5.74, 6) is 0.229. The number of hydrogen-bond acceptors (Lipinski definition) is 6. The van der Waals surface area contributed by atoms with Crippen LogP contribution in [-0.2, 0) is 15.3 Å². The molecule has 1 N–H and O–H groups in total. The predicted molar refractivity (Wildman–Crippen MR) is 90.1 cm³/mol. The quantitative estimate of drug-likeness (QED) is 0.628. The Morgan fingerprint density at radius 3 is 2.80 bits per heavy atom. The number of urea groups is 1. The van der Waals surface area contributed by atoms with Crippen LogP contribution in [0, 0.1) is 0 Å². The van der Waals surface area contributed by atoms with E-state index < -0.39 is 24.5 Å². The molecular weight excluding hydrogens is 344 g/mol. The molecule has 8 heteroatoms. The Hall–Kier alpha value is -2.74. The monoisotopic (exact) mass is 360 g/mol. The van der Waals surface area contributed by atoms with Crippen molar-refractivity contribution in [3.05, 3.63) is 54.0 Å². The van der Waals surface area contributed by atoms with Gasteiger partial charge in [0, 0.05) is 18.0 Å². The van der Waals surface area contributed by atoms with E-state index in [2.05, 4.69) is 5.32 Å². The Balaban J connectivity index is 1.59. The Bertz CT molecular complexity index is 775. The number of rotatable bonds is 6. The van der Waals surface area contributed by atoms with E-state index in [1.807, 2.05) is 12.1 Å². The Morgan fingerprint density at radius 2 is 2.08 bits per heavy atom. The van der Waals surface area contributed by atoms with Gasteiger partial charge in [0.2, 0.25) is 0 Å². The molecule has 0 spiro atoms. The second-order valence-electron chi connectivity index (χ2n) is 5.22. The van der Waals surface area contributed by atoms with Crippen molar-refractivity contribution >= 4 is 29.7 Å². The van der Waals surface area contributed by atoms with Crippen LogP contribution in [0.25, 0.3) is 0 Å². The molecule has 1 fully saturated rings. The van der Waals surface area contributed by atoms with Crippen molar-refractivity contribution in [1.82, 2.24) is 10.2 Å². The highest BCUT2D eigenvalue weighted by Crippen LogP contribution is 2.27. The summed E-state index contributed by atoms with van der Waals surface area (Å²) in [6.07, 6.45) is 1.59. The summed E-state index contributed by atoms with van der Waals surface area (Å²) in [6, 6.07) is 10.2. The minimum Gasteiger partial charge on any atom is -0.468 e. The van der Waals surface area contributed by atoms with Gasteiger partial charge in [0.25, 0.3) is 5.91 Å². The fourth-order valence-corrected chi connectivity index (χ4v) is 3.24. The molecule has 2 aromatic rings. The number of imide groups is 1. The van der Waals surface area contributed by atoms with Crippen molar-refractivity contribution in [1.29, 1.82) is 0 Å². The molecule has 7 nitrogen and oxygen atoms in total. The zero-order valence-electron chi connectivity index (χ0n) is 13.3. The topological polar surface area (TPSA) is 88.9 Å². The number of esters is 1. The van der Waals surface area contributed by atoms with Gasteiger partial charge in [-0.3, -0.25) is 9.69 Å². The van der Waals surface area contributed by atoms with Gasteiger partial charge in [0.15, 0.2) is 6.61 Å². The minimum atomic E-state index is -0.601. The van der Waals surface area contributed by atoms with E-state index >= 15 is 0 Å². The lowest BCUT2D eigenvalue weighted by atomic mass is 10.2. The number of carbonyl (C=O) groups is 3. The van der Waals surface area contributed by atoms with Gasteiger partial charge in [-0.25, -0.2) is 9.59 Å². The summed E-state index contributed by atoms with van der Waals surface area (Å²) < 4.78 is 10.4. The maximum atomic E-state index is 12.3. The number of hydrogen-bond donors (Lipinski definition) is 1. The molecule has 0 aliphatic carbocycles. The lowest BCUT2D eigenvalue weighted by molar-refractivity contribution is -0.130. The summed E-state index contributed by atoms with van der Waals surface area (Å²) in [5.41, 5.74) is 0.373. The van der Waals surface area contributed by atoms with Gasteiger partial charge in [-0.05, 0) is 24.3 Å². The standard InChI is InChI=1S/C17H16N2O5S/c20-15(19-8-7-18-17(19)22)10-24-16(21)13-5-1-2-6-14(13)25-11-12-4-3-9-23-12/h1-6,9H,7-8,10-11H2,(H,18,22). The molecule has 1 saturated heterocycles. The van der Waals surface area contributed by atoms with Crippen molar-refractivity contribution < 1.29 is 23.5 Å². The molecule has 0 bridgehead atoms. The highest BCUT2D eigenvalue weighted by atomic mass is 32.2. The molecule has 3 amide bonds. The van der Waals surface area contributed by atoms with Gasteiger partial charge in [-0.15, -0.1) is 11.8 Å². The van der Waals surface area contributed by atoms with Crippen LogP contribution in [0.1, 0.15) is 16.1 Å². The lowest BCUT2D eigenvalue weighted by Crippen LogP contribution is -2.37. The van der Waals surface area contributed by atoms with E-state index in [9.17, 15) is 14.4 Å². The number of furan rings is 1. The van der Waals surface area contributed by atoms with Crippen molar-refractivity contribution in [2.24, 2.45) is 0 Å². The maximum Gasteiger partial charge on any atom is 0.339 e. The van der Waals surface area contributed by atoms with Gasteiger partial charge in [0.05, 0.1) is 17.6 Å². The number of nitrogens with zero attached hydrogens (tertiary/aromatic N) is 1. The maximum absolute atomic E-state index is 12.3. The third-order valence-electron chi connectivity index (χ3n) is 3.54. The van der Waals surface area contributed by atoms with Crippen LogP contribution in [0.15, 0.2) is 52.0 Å². The lowest BCUT2D eigenvalue weighted by Gasteiger charge is -2.13. The van der Waals surface area contributed by atoms with Gasteiger partial charge < -0.3 is 14.5 Å². The average molecular weight is 360 g/mol. The third kappa shape index (κ3) is 4.21. The first-order chi connectivity index (χ1) is 12.1. The first-order valence-electron chi connectivity index (χ1n) is 7.64. The number of ether oxygens (including phenoxy) is 1. The number of amides is 3. The van der Waals surface area contributed by atoms with Crippen LogP contribution in [0.4, 0.5) is 4.79 Å². The minimum absolute atomic E-state index is 0.283. The zero-order valence-corrected chi connectivity index (χ0v) is 14.1. The number of nitrogens with one attached hydrogen (secondary N) is 1. The molecule has 2 heterocycles. The number of carbonyl (C=O) groups excluding carboxylic acids is 3. The molecule has 1 aromatic carbocycles. The zero-order chi connectivity index (χ0) is 17.6. The molecule has 1 aliphatic heterocycles. The molecule has 0 unspecified atom stereocenters. The van der Waals surface area contributed by atoms with Gasteiger partial charge in [-0.2, -0.15) is 0 Å². The molecule has 1 aliphatic rings. The molecule has 0 radical (unpaired) electrons. The largest absolute Gasteiger partial charge is 0.468 e. The Labute approximate surface area is 148 Å². The number of thioether (sulfide) groups is 1. The van der Waals surface area contributed by atoms with Crippen molar-refractivity contribution in [2.45, 2.75) is 10.6 Å². The van der Waals surface area contributed by atoms with Crippen LogP contribution < -0.4 is 5.32 Å². The average Bonchev–Trinajstić information content (AvgIpc) is 3.29. The fourth-order valence-electron chi connectivity index (χ4n) is 2.30. The van der Waals surface area contributed by atoms with E-state index in [1.54, 1.807) is 30.5 Å². The number of benzene rings is 1. The van der Waals surface area contributed by atoms with E-state index in [0.29, 0.717) is 17.9 Å². The highest BCUT2D eigenvalue weighted by Gasteiger charge is 2.27. The van der Waals surface area contributed by atoms with Crippen molar-refractivity contribution in [3.63, 3.8) is 0 Å². The summed E-state index contributed by atoms with van der Waals surface area (Å²) in [4.78, 5) is 37.4. The molecule has 1 aromatic heterocycles. The molecule has 0 saturated carbocycles. The summed E-state index contributed by atoms with van der Waals surface area (Å²) >= 11 is 1.44. The third-order valence-corrected chi connectivity index (χ3v) is 4.64. The van der Waals surface area contributed by atoms with E-state index in [1.165, 1.54) is 11.8 Å². The molecule has 3 rings (SSSR count). The molecule has 0 atom stereocenters. The van der Waals surface area contributed by atoms with Crippen LogP contribution in [0.2, 0.25) is 0 Å². The summed E-state index contributed by atoms with van der Waals surface area (Å²) in [5, 5.41) is 2.52. The smallest absolute Gasteiger partial charge is 0.339 e. The van der Waals surface area contributed by atoms with Gasteiger partial charge in [0.1, 0.15) is 5.76 Å². The second-order valence-corrected chi connectivity index (χ2v) is 6.23. The first-order valence-corrected chi connectivity index (χ1v) is 8.63. The van der Waals surface area contributed by atoms with Crippen molar-refractivity contribution in [3.8, 4) is 0 Å². The van der Waals surface area contributed by atoms with Crippen LogP contribution in [0.5, 0.6) is 0 Å². The second kappa shape index (κ2) is 7.89. The molecular formula is C17H16N2O5S. The first kappa shape index (κ1) is 17.1. The Morgan fingerprint density at radius 1 is 1.24 bits per heavy atom. The summed E-state index contributed by atoms with van der Waals surface area (Å²) in [6.45, 7) is 0.221. The van der Waals surface area contributed by atoms with E-state index in [0.717, 1.165) is 15.6 Å². The van der Waals surface area contributed by atoms with E-state index in [-0.39, 0.29) is 6.54 Å². The Kier molecular flexibility index (Phi) is 5.39. The van der Waals surface area contributed by atoms with Gasteiger partial charge >= 0.3 is 12.0 Å². The summed E-state index contributed by atoms with van der Waals surface area (Å²) in [7, 11) is 0. The highest BCUT2D eigenvalue weighted by molar-refractivity contribution is 7.98. The van der Waals surface area contributed by atoms with Crippen molar-refractivity contribution in [2.75, 3.05) is 19.7 Å². The predicted octanol–water partition coefficient (Wildman–Crippen LogP) is 2.28. The van der Waals surface area contributed by atoms with E-state index in [4.69, 9.17) is 9.15 Å². The normalized spacial score (nSPS) is 13.6. The van der Waals surface area contributed by atoms with Crippen LogP contribution in [0.3, 0.4) is 0 Å². The molecule has 25 heavy (non-hydrogen) atoms. The van der Waals surface area contributed by atoms with Crippen LogP contribution in [-0.4, -0.2) is 42.5 Å². The fraction of sp³-hybridized carbons (Fsp3) is 0.235.